The molecule has 1 aliphatic heterocycles. The van der Waals surface area contributed by atoms with Crippen molar-refractivity contribution in [2.24, 2.45) is 0 Å². The molecule has 1 saturated heterocycles. The van der Waals surface area contributed by atoms with E-state index in [9.17, 15) is 13.2 Å². The van der Waals surface area contributed by atoms with Gasteiger partial charge in [0.2, 0.25) is 10.0 Å². The zero-order chi connectivity index (χ0) is 24.0. The van der Waals surface area contributed by atoms with Gasteiger partial charge in [-0.2, -0.15) is 4.31 Å². The molecule has 1 fully saturated rings. The van der Waals surface area contributed by atoms with Gasteiger partial charge in [0.25, 0.3) is 5.91 Å². The van der Waals surface area contributed by atoms with Gasteiger partial charge in [0.1, 0.15) is 5.75 Å². The van der Waals surface area contributed by atoms with Crippen molar-refractivity contribution >= 4 is 21.6 Å². The third kappa shape index (κ3) is 5.85. The number of nitrogens with one attached hydrogen (secondary N) is 1. The van der Waals surface area contributed by atoms with Gasteiger partial charge in [0, 0.05) is 18.8 Å². The standard InChI is InChI=1S/C27H30N2O4S/c1-21(33-25-15-11-23(12-16-25)22-9-5-4-6-10-22)27(30)28-24-13-17-26(18-14-24)34(31,32)29-19-7-2-3-8-20-29/h4-6,9-18,21H,2-3,7-8,19-20H2,1H3,(H,28,30). The van der Waals surface area contributed by atoms with Crippen LogP contribution in [0.1, 0.15) is 32.6 Å². The summed E-state index contributed by atoms with van der Waals surface area (Å²) in [6, 6.07) is 23.9. The van der Waals surface area contributed by atoms with E-state index >= 15 is 0 Å². The first-order valence-corrected chi connectivity index (χ1v) is 13.1. The van der Waals surface area contributed by atoms with Crippen LogP contribution in [0.3, 0.4) is 0 Å². The van der Waals surface area contributed by atoms with Gasteiger partial charge in [-0.25, -0.2) is 8.42 Å². The summed E-state index contributed by atoms with van der Waals surface area (Å²) in [7, 11) is -3.52. The van der Waals surface area contributed by atoms with Crippen LogP contribution >= 0.6 is 0 Å². The van der Waals surface area contributed by atoms with Crippen LogP contribution in [0.15, 0.2) is 83.8 Å². The van der Waals surface area contributed by atoms with Gasteiger partial charge in [0.05, 0.1) is 4.90 Å². The highest BCUT2D eigenvalue weighted by atomic mass is 32.2. The minimum atomic E-state index is -3.52. The summed E-state index contributed by atoms with van der Waals surface area (Å²) in [6.07, 6.45) is 3.19. The molecular weight excluding hydrogens is 448 g/mol. The van der Waals surface area contributed by atoms with E-state index in [1.54, 1.807) is 35.5 Å². The minimum absolute atomic E-state index is 0.246. The number of amides is 1. The predicted molar refractivity (Wildman–Crippen MR) is 134 cm³/mol. The summed E-state index contributed by atoms with van der Waals surface area (Å²) >= 11 is 0. The van der Waals surface area contributed by atoms with E-state index in [0.717, 1.165) is 36.8 Å². The minimum Gasteiger partial charge on any atom is -0.481 e. The van der Waals surface area contributed by atoms with Crippen LogP contribution in [0, 0.1) is 0 Å². The first-order valence-electron chi connectivity index (χ1n) is 11.7. The van der Waals surface area contributed by atoms with Crippen LogP contribution in [0.25, 0.3) is 11.1 Å². The smallest absolute Gasteiger partial charge is 0.265 e. The Labute approximate surface area is 201 Å². The van der Waals surface area contributed by atoms with Crippen molar-refractivity contribution in [2.45, 2.75) is 43.6 Å². The van der Waals surface area contributed by atoms with Crippen molar-refractivity contribution < 1.29 is 17.9 Å². The van der Waals surface area contributed by atoms with E-state index in [-0.39, 0.29) is 10.8 Å². The topological polar surface area (TPSA) is 75.7 Å². The van der Waals surface area contributed by atoms with E-state index in [1.165, 1.54) is 0 Å². The van der Waals surface area contributed by atoms with E-state index in [4.69, 9.17) is 4.74 Å². The number of carbonyl (C=O) groups excluding carboxylic acids is 1. The van der Waals surface area contributed by atoms with Crippen LogP contribution in [0.2, 0.25) is 0 Å². The van der Waals surface area contributed by atoms with Gasteiger partial charge in [-0.3, -0.25) is 4.79 Å². The molecule has 34 heavy (non-hydrogen) atoms. The molecule has 0 radical (unpaired) electrons. The average molecular weight is 479 g/mol. The summed E-state index contributed by atoms with van der Waals surface area (Å²) in [5.74, 6) is 0.288. The molecule has 178 valence electrons. The quantitative estimate of drug-likeness (QED) is 0.498. The second-order valence-electron chi connectivity index (χ2n) is 8.48. The van der Waals surface area contributed by atoms with Crippen LogP contribution in [0.5, 0.6) is 5.75 Å². The zero-order valence-corrected chi connectivity index (χ0v) is 20.1. The molecule has 4 rings (SSSR count). The molecule has 1 heterocycles. The van der Waals surface area contributed by atoms with Crippen molar-refractivity contribution in [1.29, 1.82) is 0 Å². The molecule has 3 aromatic rings. The van der Waals surface area contributed by atoms with Gasteiger partial charge in [0.15, 0.2) is 6.10 Å². The number of carbonyl (C=O) groups is 1. The largest absolute Gasteiger partial charge is 0.481 e. The maximum atomic E-state index is 12.9. The molecule has 7 heteroatoms. The summed E-state index contributed by atoms with van der Waals surface area (Å²) < 4.78 is 33.2. The molecule has 0 spiro atoms. The maximum absolute atomic E-state index is 12.9. The SMILES string of the molecule is CC(Oc1ccc(-c2ccccc2)cc1)C(=O)Nc1ccc(S(=O)(=O)N2CCCCCC2)cc1. The number of nitrogens with zero attached hydrogens (tertiary/aromatic N) is 1. The Morgan fingerprint density at radius 2 is 1.41 bits per heavy atom. The number of ether oxygens (including phenoxy) is 1. The monoisotopic (exact) mass is 478 g/mol. The second kappa shape index (κ2) is 10.8. The second-order valence-corrected chi connectivity index (χ2v) is 10.4. The van der Waals surface area contributed by atoms with Crippen LogP contribution < -0.4 is 10.1 Å². The van der Waals surface area contributed by atoms with E-state index in [2.05, 4.69) is 5.32 Å². The molecule has 0 bridgehead atoms. The van der Waals surface area contributed by atoms with Crippen molar-refractivity contribution in [1.82, 2.24) is 4.31 Å². The summed E-state index contributed by atoms with van der Waals surface area (Å²) in [4.78, 5) is 12.9. The van der Waals surface area contributed by atoms with Crippen molar-refractivity contribution in [3.63, 3.8) is 0 Å². The summed E-state index contributed by atoms with van der Waals surface area (Å²) in [5.41, 5.74) is 2.70. The van der Waals surface area contributed by atoms with Crippen molar-refractivity contribution in [2.75, 3.05) is 18.4 Å². The fourth-order valence-corrected chi connectivity index (χ4v) is 5.52. The maximum Gasteiger partial charge on any atom is 0.265 e. The highest BCUT2D eigenvalue weighted by molar-refractivity contribution is 7.89. The van der Waals surface area contributed by atoms with Gasteiger partial charge in [-0.05, 0) is 67.3 Å². The van der Waals surface area contributed by atoms with Crippen LogP contribution in [0.4, 0.5) is 5.69 Å². The fraction of sp³-hybridized carbons (Fsp3) is 0.296. The highest BCUT2D eigenvalue weighted by Gasteiger charge is 2.25. The normalized spacial score (nSPS) is 15.8. The first-order chi connectivity index (χ1) is 16.4. The van der Waals surface area contributed by atoms with E-state index in [0.29, 0.717) is 24.5 Å². The van der Waals surface area contributed by atoms with Crippen LogP contribution in [-0.2, 0) is 14.8 Å². The van der Waals surface area contributed by atoms with Gasteiger partial charge in [-0.1, -0.05) is 55.3 Å². The molecular formula is C27H30N2O4S. The fourth-order valence-electron chi connectivity index (χ4n) is 4.00. The molecule has 0 aromatic heterocycles. The zero-order valence-electron chi connectivity index (χ0n) is 19.3. The Kier molecular flexibility index (Phi) is 7.65. The first kappa shape index (κ1) is 24.0. The van der Waals surface area contributed by atoms with Crippen molar-refractivity contribution in [3.8, 4) is 16.9 Å². The Morgan fingerprint density at radius 3 is 2.03 bits per heavy atom. The molecule has 1 amide bonds. The Morgan fingerprint density at radius 1 is 0.824 bits per heavy atom. The third-order valence-corrected chi connectivity index (χ3v) is 7.88. The number of sulfonamides is 1. The molecule has 0 aliphatic carbocycles. The Hall–Kier alpha value is -3.16. The third-order valence-electron chi connectivity index (χ3n) is 5.97. The summed E-state index contributed by atoms with van der Waals surface area (Å²) in [5, 5.41) is 2.80. The summed E-state index contributed by atoms with van der Waals surface area (Å²) in [6.45, 7) is 2.79. The molecule has 0 saturated carbocycles. The lowest BCUT2D eigenvalue weighted by Crippen LogP contribution is -2.32. The molecule has 3 aromatic carbocycles. The predicted octanol–water partition coefficient (Wildman–Crippen LogP) is 5.32. The van der Waals surface area contributed by atoms with Gasteiger partial charge < -0.3 is 10.1 Å². The molecule has 1 atom stereocenters. The lowest BCUT2D eigenvalue weighted by atomic mass is 10.1. The van der Waals surface area contributed by atoms with Crippen LogP contribution in [-0.4, -0.2) is 37.8 Å². The Balaban J connectivity index is 1.35. The number of hydrogen-bond acceptors (Lipinski definition) is 4. The number of hydrogen-bond donors (Lipinski definition) is 1. The highest BCUT2D eigenvalue weighted by Crippen LogP contribution is 2.24. The van der Waals surface area contributed by atoms with Gasteiger partial charge >= 0.3 is 0 Å². The average Bonchev–Trinajstić information content (AvgIpc) is 3.16. The number of anilines is 1. The van der Waals surface area contributed by atoms with Gasteiger partial charge in [-0.15, -0.1) is 0 Å². The lowest BCUT2D eigenvalue weighted by Gasteiger charge is -2.20. The number of benzene rings is 3. The van der Waals surface area contributed by atoms with E-state index in [1.807, 2.05) is 54.6 Å². The van der Waals surface area contributed by atoms with E-state index < -0.39 is 16.1 Å². The lowest BCUT2D eigenvalue weighted by molar-refractivity contribution is -0.122. The molecule has 1 N–H and O–H groups in total. The Bertz CT molecular complexity index is 1190. The molecule has 1 aliphatic rings. The van der Waals surface area contributed by atoms with Crippen molar-refractivity contribution in [3.05, 3.63) is 78.9 Å². The molecule has 1 unspecified atom stereocenters. The number of rotatable bonds is 7. The molecule has 6 nitrogen and oxygen atoms in total.